The molecule has 0 N–H and O–H groups in total. The van der Waals surface area contributed by atoms with Crippen LogP contribution in [0.25, 0.3) is 11.1 Å². The van der Waals surface area contributed by atoms with E-state index >= 15 is 0 Å². The van der Waals surface area contributed by atoms with Crippen molar-refractivity contribution in [3.63, 3.8) is 0 Å². The number of nitrogens with zero attached hydrogens (tertiary/aromatic N) is 1. The molecule has 3 aromatic carbocycles. The molecule has 30 heavy (non-hydrogen) atoms. The number of benzene rings is 3. The van der Waals surface area contributed by atoms with Gasteiger partial charge in [0, 0.05) is 24.2 Å². The second-order valence-corrected chi connectivity index (χ2v) is 7.12. The highest BCUT2D eigenvalue weighted by Gasteiger charge is 2.36. The zero-order chi connectivity index (χ0) is 20.9. The molecule has 0 unspecified atom stereocenters. The monoisotopic (exact) mass is 401 g/mol. The normalized spacial score (nSPS) is 15.8. The molecule has 0 radical (unpaired) electrons. The maximum absolute atomic E-state index is 12.8. The van der Waals surface area contributed by atoms with E-state index in [2.05, 4.69) is 0 Å². The van der Waals surface area contributed by atoms with E-state index in [9.17, 15) is 9.59 Å². The number of para-hydroxylation sites is 1. The van der Waals surface area contributed by atoms with E-state index in [1.165, 1.54) is 0 Å². The van der Waals surface area contributed by atoms with Crippen molar-refractivity contribution in [3.05, 3.63) is 78.9 Å². The number of anilines is 1. The van der Waals surface area contributed by atoms with Crippen LogP contribution in [-0.4, -0.2) is 25.0 Å². The van der Waals surface area contributed by atoms with E-state index in [0.717, 1.165) is 22.6 Å². The summed E-state index contributed by atoms with van der Waals surface area (Å²) >= 11 is 0. The Morgan fingerprint density at radius 1 is 0.967 bits per heavy atom. The Bertz CT molecular complexity index is 1030. The Hall–Kier alpha value is -3.60. The summed E-state index contributed by atoms with van der Waals surface area (Å²) in [5, 5.41) is 0. The average molecular weight is 401 g/mol. The molecule has 0 bridgehead atoms. The third-order valence-corrected chi connectivity index (χ3v) is 5.10. The van der Waals surface area contributed by atoms with Crippen molar-refractivity contribution in [3.8, 4) is 22.6 Å². The highest BCUT2D eigenvalue weighted by molar-refractivity contribution is 5.99. The minimum Gasteiger partial charge on any atom is -0.494 e. The molecule has 5 nitrogen and oxygen atoms in total. The summed E-state index contributed by atoms with van der Waals surface area (Å²) in [5.74, 6) is 0.271. The standard InChI is InChI=1S/C25H23NO4/c1-2-29-21-14-12-20(13-15-21)26-17-19(16-24(26)27)25(28)30-23-11-7-6-10-22(23)18-8-4-3-5-9-18/h3-15,19H,2,16-17H2,1H3/t19-/m1/s1. The van der Waals surface area contributed by atoms with E-state index in [1.807, 2.05) is 79.7 Å². The van der Waals surface area contributed by atoms with Gasteiger partial charge in [-0.2, -0.15) is 0 Å². The molecule has 1 saturated heterocycles. The van der Waals surface area contributed by atoms with Crippen LogP contribution in [0.1, 0.15) is 13.3 Å². The largest absolute Gasteiger partial charge is 0.494 e. The van der Waals surface area contributed by atoms with Gasteiger partial charge in [-0.15, -0.1) is 0 Å². The van der Waals surface area contributed by atoms with Crippen molar-refractivity contribution in [2.24, 2.45) is 5.92 Å². The first-order chi connectivity index (χ1) is 14.7. The summed E-state index contributed by atoms with van der Waals surface area (Å²) in [5.41, 5.74) is 2.57. The fourth-order valence-electron chi connectivity index (χ4n) is 3.61. The van der Waals surface area contributed by atoms with Crippen molar-refractivity contribution in [1.82, 2.24) is 0 Å². The van der Waals surface area contributed by atoms with Gasteiger partial charge < -0.3 is 14.4 Å². The van der Waals surface area contributed by atoms with Crippen molar-refractivity contribution >= 4 is 17.6 Å². The average Bonchev–Trinajstić information content (AvgIpc) is 3.17. The summed E-state index contributed by atoms with van der Waals surface area (Å²) in [6, 6.07) is 24.5. The second kappa shape index (κ2) is 8.82. The first kappa shape index (κ1) is 19.7. The molecule has 4 rings (SSSR count). The van der Waals surface area contributed by atoms with Crippen molar-refractivity contribution in [2.75, 3.05) is 18.1 Å². The summed E-state index contributed by atoms with van der Waals surface area (Å²) in [6.45, 7) is 2.81. The lowest BCUT2D eigenvalue weighted by Crippen LogP contribution is -2.27. The number of esters is 1. The number of ether oxygens (including phenoxy) is 2. The van der Waals surface area contributed by atoms with E-state index in [4.69, 9.17) is 9.47 Å². The van der Waals surface area contributed by atoms with Crippen LogP contribution in [0, 0.1) is 5.92 Å². The minimum atomic E-state index is -0.507. The lowest BCUT2D eigenvalue weighted by Gasteiger charge is -2.17. The third kappa shape index (κ3) is 4.20. The molecule has 1 atom stereocenters. The molecule has 1 fully saturated rings. The predicted molar refractivity (Wildman–Crippen MR) is 116 cm³/mol. The van der Waals surface area contributed by atoms with Gasteiger partial charge in [0.05, 0.1) is 12.5 Å². The van der Waals surface area contributed by atoms with Crippen molar-refractivity contribution in [2.45, 2.75) is 13.3 Å². The first-order valence-electron chi connectivity index (χ1n) is 10.0. The Balaban J connectivity index is 1.47. The molecular formula is C25H23NO4. The molecule has 1 aliphatic heterocycles. The van der Waals surface area contributed by atoms with Crippen LogP contribution in [-0.2, 0) is 9.59 Å². The number of rotatable bonds is 6. The number of carbonyl (C=O) groups excluding carboxylic acids is 2. The first-order valence-corrected chi connectivity index (χ1v) is 10.0. The summed E-state index contributed by atoms with van der Waals surface area (Å²) in [6.07, 6.45) is 0.138. The second-order valence-electron chi connectivity index (χ2n) is 7.12. The lowest BCUT2D eigenvalue weighted by molar-refractivity contribution is -0.139. The lowest BCUT2D eigenvalue weighted by atomic mass is 10.0. The van der Waals surface area contributed by atoms with Gasteiger partial charge in [0.1, 0.15) is 11.5 Å². The molecule has 1 aliphatic rings. The highest BCUT2D eigenvalue weighted by Crippen LogP contribution is 2.32. The van der Waals surface area contributed by atoms with Crippen molar-refractivity contribution in [1.29, 1.82) is 0 Å². The topological polar surface area (TPSA) is 55.8 Å². The molecule has 152 valence electrons. The molecule has 5 heteroatoms. The Kier molecular flexibility index (Phi) is 5.80. The van der Waals surface area contributed by atoms with Crippen LogP contribution in [0.15, 0.2) is 78.9 Å². The molecule has 0 aliphatic carbocycles. The number of hydrogen-bond donors (Lipinski definition) is 0. The Morgan fingerprint density at radius 2 is 1.67 bits per heavy atom. The SMILES string of the molecule is CCOc1ccc(N2C[C@H](C(=O)Oc3ccccc3-c3ccccc3)CC2=O)cc1. The zero-order valence-corrected chi connectivity index (χ0v) is 16.8. The van der Waals surface area contributed by atoms with Crippen LogP contribution in [0.3, 0.4) is 0 Å². The van der Waals surface area contributed by atoms with Gasteiger partial charge in [0.15, 0.2) is 0 Å². The molecule has 1 heterocycles. The Morgan fingerprint density at radius 3 is 2.40 bits per heavy atom. The number of amides is 1. The van der Waals surface area contributed by atoms with Gasteiger partial charge in [-0.3, -0.25) is 9.59 Å². The quantitative estimate of drug-likeness (QED) is 0.443. The van der Waals surface area contributed by atoms with Gasteiger partial charge in [0.2, 0.25) is 5.91 Å². The number of carbonyl (C=O) groups is 2. The van der Waals surface area contributed by atoms with Gasteiger partial charge >= 0.3 is 5.97 Å². The summed E-state index contributed by atoms with van der Waals surface area (Å²) < 4.78 is 11.2. The van der Waals surface area contributed by atoms with Gasteiger partial charge in [-0.25, -0.2) is 0 Å². The van der Waals surface area contributed by atoms with Crippen LogP contribution in [0.2, 0.25) is 0 Å². The smallest absolute Gasteiger partial charge is 0.316 e. The van der Waals surface area contributed by atoms with Crippen LogP contribution in [0.5, 0.6) is 11.5 Å². The van der Waals surface area contributed by atoms with Crippen LogP contribution >= 0.6 is 0 Å². The molecule has 3 aromatic rings. The fourth-order valence-corrected chi connectivity index (χ4v) is 3.61. The summed E-state index contributed by atoms with van der Waals surface area (Å²) in [7, 11) is 0. The van der Waals surface area contributed by atoms with E-state index in [1.54, 1.807) is 11.0 Å². The maximum atomic E-state index is 12.8. The molecule has 1 amide bonds. The predicted octanol–water partition coefficient (Wildman–Crippen LogP) is 4.71. The van der Waals surface area contributed by atoms with E-state index in [0.29, 0.717) is 18.9 Å². The minimum absolute atomic E-state index is 0.0857. The fraction of sp³-hybridized carbons (Fsp3) is 0.200. The third-order valence-electron chi connectivity index (χ3n) is 5.10. The molecule has 0 spiro atoms. The number of hydrogen-bond acceptors (Lipinski definition) is 4. The Labute approximate surface area is 175 Å². The van der Waals surface area contributed by atoms with Crippen LogP contribution < -0.4 is 14.4 Å². The zero-order valence-electron chi connectivity index (χ0n) is 16.8. The molecule has 0 saturated carbocycles. The van der Waals surface area contributed by atoms with E-state index in [-0.39, 0.29) is 18.3 Å². The molecule has 0 aromatic heterocycles. The van der Waals surface area contributed by atoms with Crippen LogP contribution in [0.4, 0.5) is 5.69 Å². The summed E-state index contributed by atoms with van der Waals surface area (Å²) in [4.78, 5) is 27.0. The highest BCUT2D eigenvalue weighted by atomic mass is 16.5. The van der Waals surface area contributed by atoms with Gasteiger partial charge in [-0.1, -0.05) is 48.5 Å². The maximum Gasteiger partial charge on any atom is 0.316 e. The van der Waals surface area contributed by atoms with Crippen molar-refractivity contribution < 1.29 is 19.1 Å². The van der Waals surface area contributed by atoms with Gasteiger partial charge in [0.25, 0.3) is 0 Å². The van der Waals surface area contributed by atoms with Gasteiger partial charge in [-0.05, 0) is 42.8 Å². The molecular weight excluding hydrogens is 378 g/mol. The van der Waals surface area contributed by atoms with E-state index < -0.39 is 5.92 Å².